The van der Waals surface area contributed by atoms with Gasteiger partial charge >= 0.3 is 0 Å². The largest absolute Gasteiger partial charge is 0.497 e. The van der Waals surface area contributed by atoms with Crippen LogP contribution >= 0.6 is 0 Å². The minimum absolute atomic E-state index is 0.0831. The summed E-state index contributed by atoms with van der Waals surface area (Å²) in [7, 11) is -0.326. The Morgan fingerprint density at radius 3 is 2.86 bits per heavy atom. The van der Waals surface area contributed by atoms with Crippen LogP contribution in [-0.4, -0.2) is 32.8 Å². The van der Waals surface area contributed by atoms with Crippen molar-refractivity contribution in [1.29, 1.82) is 0 Å². The van der Waals surface area contributed by atoms with Gasteiger partial charge < -0.3 is 10.1 Å². The molecule has 3 N–H and O–H groups in total. The number of H-pyrrole nitrogens is 1. The lowest BCUT2D eigenvalue weighted by atomic mass is 10.2. The van der Waals surface area contributed by atoms with Crippen LogP contribution in [0.2, 0.25) is 0 Å². The highest BCUT2D eigenvalue weighted by Gasteiger charge is 2.20. The quantitative estimate of drug-likeness (QED) is 0.696. The molecule has 0 aliphatic heterocycles. The van der Waals surface area contributed by atoms with E-state index < -0.39 is 10.0 Å². The van der Waals surface area contributed by atoms with Crippen LogP contribution in [0.5, 0.6) is 5.75 Å². The summed E-state index contributed by atoms with van der Waals surface area (Å²) in [5.41, 5.74) is 1.41. The van der Waals surface area contributed by atoms with Crippen molar-refractivity contribution >= 4 is 10.0 Å². The van der Waals surface area contributed by atoms with Crippen LogP contribution in [0, 0.1) is 0 Å². The van der Waals surface area contributed by atoms with Gasteiger partial charge in [-0.15, -0.1) is 0 Å². The van der Waals surface area contributed by atoms with E-state index in [0.717, 1.165) is 5.56 Å². The van der Waals surface area contributed by atoms with E-state index in [2.05, 4.69) is 20.2 Å². The first-order chi connectivity index (χ1) is 10.1. The molecule has 1 aromatic carbocycles. The monoisotopic (exact) mass is 310 g/mol. The molecule has 2 aromatic rings. The van der Waals surface area contributed by atoms with Gasteiger partial charge in [0.05, 0.1) is 13.3 Å². The van der Waals surface area contributed by atoms with Gasteiger partial charge in [0.15, 0.2) is 5.03 Å². The molecule has 0 fully saturated rings. The van der Waals surface area contributed by atoms with Gasteiger partial charge in [0.25, 0.3) is 10.0 Å². The van der Waals surface area contributed by atoms with E-state index in [-0.39, 0.29) is 11.6 Å². The van der Waals surface area contributed by atoms with E-state index in [1.165, 1.54) is 6.20 Å². The van der Waals surface area contributed by atoms with Gasteiger partial charge in [-0.05, 0) is 24.7 Å². The predicted molar refractivity (Wildman–Crippen MR) is 78.4 cm³/mol. The SMILES string of the molecule is CNCc1cn[nH]c1S(=O)(=O)NCc1cccc(OC)c1. The lowest BCUT2D eigenvalue weighted by Gasteiger charge is -2.08. The summed E-state index contributed by atoms with van der Waals surface area (Å²) < 4.78 is 32.2. The number of benzene rings is 1. The highest BCUT2D eigenvalue weighted by atomic mass is 32.2. The number of sulfonamides is 1. The molecule has 0 saturated heterocycles. The third-order valence-electron chi connectivity index (χ3n) is 2.91. The Balaban J connectivity index is 2.12. The first-order valence-corrected chi connectivity index (χ1v) is 7.84. The molecule has 0 unspecified atom stereocenters. The van der Waals surface area contributed by atoms with Crippen LogP contribution < -0.4 is 14.8 Å². The molecule has 0 radical (unpaired) electrons. The topological polar surface area (TPSA) is 96.1 Å². The second-order valence-corrected chi connectivity index (χ2v) is 6.13. The first-order valence-electron chi connectivity index (χ1n) is 6.36. The number of nitrogens with zero attached hydrogens (tertiary/aromatic N) is 1. The van der Waals surface area contributed by atoms with Crippen LogP contribution in [0.25, 0.3) is 0 Å². The van der Waals surface area contributed by atoms with Crippen molar-refractivity contribution in [1.82, 2.24) is 20.2 Å². The molecule has 0 atom stereocenters. The number of aromatic nitrogens is 2. The third-order valence-corrected chi connectivity index (χ3v) is 4.33. The van der Waals surface area contributed by atoms with Crippen LogP contribution in [0.15, 0.2) is 35.5 Å². The molecular formula is C13H18N4O3S. The second-order valence-electron chi connectivity index (χ2n) is 4.43. The molecule has 114 valence electrons. The van der Waals surface area contributed by atoms with Crippen LogP contribution in [0.1, 0.15) is 11.1 Å². The zero-order valence-corrected chi connectivity index (χ0v) is 12.7. The zero-order chi connectivity index (χ0) is 15.3. The molecular weight excluding hydrogens is 292 g/mol. The first kappa shape index (κ1) is 15.5. The highest BCUT2D eigenvalue weighted by Crippen LogP contribution is 2.15. The highest BCUT2D eigenvalue weighted by molar-refractivity contribution is 7.89. The predicted octanol–water partition coefficient (Wildman–Crippen LogP) is 0.616. The van der Waals surface area contributed by atoms with Crippen molar-refractivity contribution in [3.63, 3.8) is 0 Å². The van der Waals surface area contributed by atoms with E-state index in [1.54, 1.807) is 26.3 Å². The van der Waals surface area contributed by atoms with E-state index in [1.807, 2.05) is 12.1 Å². The van der Waals surface area contributed by atoms with Gasteiger partial charge in [0.2, 0.25) is 0 Å². The Bertz CT molecular complexity index is 697. The van der Waals surface area contributed by atoms with Crippen molar-refractivity contribution < 1.29 is 13.2 Å². The minimum Gasteiger partial charge on any atom is -0.497 e. The summed E-state index contributed by atoms with van der Waals surface area (Å²) in [6.07, 6.45) is 1.50. The number of nitrogens with one attached hydrogen (secondary N) is 3. The molecule has 0 aliphatic rings. The molecule has 0 saturated carbocycles. The van der Waals surface area contributed by atoms with Gasteiger partial charge in [0.1, 0.15) is 5.75 Å². The Kier molecular flexibility index (Phi) is 4.94. The molecule has 0 bridgehead atoms. The zero-order valence-electron chi connectivity index (χ0n) is 11.9. The third kappa shape index (κ3) is 3.81. The summed E-state index contributed by atoms with van der Waals surface area (Å²) in [5.74, 6) is 0.684. The van der Waals surface area contributed by atoms with Crippen molar-refractivity contribution in [2.24, 2.45) is 0 Å². The van der Waals surface area contributed by atoms with Gasteiger partial charge in [-0.1, -0.05) is 12.1 Å². The Morgan fingerprint density at radius 1 is 1.33 bits per heavy atom. The summed E-state index contributed by atoms with van der Waals surface area (Å²) in [6, 6.07) is 7.22. The number of hydrogen-bond donors (Lipinski definition) is 3. The smallest absolute Gasteiger partial charge is 0.258 e. The molecule has 2 rings (SSSR count). The fourth-order valence-electron chi connectivity index (χ4n) is 1.88. The van der Waals surface area contributed by atoms with Crippen LogP contribution in [0.4, 0.5) is 0 Å². The second kappa shape index (κ2) is 6.70. The normalized spacial score (nSPS) is 11.5. The molecule has 7 nitrogen and oxygen atoms in total. The van der Waals surface area contributed by atoms with Crippen molar-refractivity contribution in [2.45, 2.75) is 18.1 Å². The van der Waals surface area contributed by atoms with Crippen molar-refractivity contribution in [3.05, 3.63) is 41.6 Å². The number of ether oxygens (including phenoxy) is 1. The van der Waals surface area contributed by atoms with Crippen molar-refractivity contribution in [3.8, 4) is 5.75 Å². The number of methoxy groups -OCH3 is 1. The maximum absolute atomic E-state index is 12.3. The Morgan fingerprint density at radius 2 is 2.14 bits per heavy atom. The molecule has 21 heavy (non-hydrogen) atoms. The standard InChI is InChI=1S/C13H18N4O3S/c1-14-8-11-9-15-17-13(11)21(18,19)16-7-10-4-3-5-12(6-10)20-2/h3-6,9,14,16H,7-8H2,1-2H3,(H,15,17). The summed E-state index contributed by atoms with van der Waals surface area (Å²) >= 11 is 0. The van der Waals surface area contributed by atoms with E-state index in [9.17, 15) is 8.42 Å². The molecule has 1 heterocycles. The van der Waals surface area contributed by atoms with Gasteiger partial charge in [-0.2, -0.15) is 5.10 Å². The van der Waals surface area contributed by atoms with Gasteiger partial charge in [-0.25, -0.2) is 13.1 Å². The molecule has 8 heteroatoms. The lowest BCUT2D eigenvalue weighted by molar-refractivity contribution is 0.414. The Hall–Kier alpha value is -1.90. The maximum atomic E-state index is 12.3. The number of hydrogen-bond acceptors (Lipinski definition) is 5. The summed E-state index contributed by atoms with van der Waals surface area (Å²) in [6.45, 7) is 0.601. The average molecular weight is 310 g/mol. The number of rotatable bonds is 7. The Labute approximate surface area is 123 Å². The average Bonchev–Trinajstić information content (AvgIpc) is 2.95. The molecule has 0 aliphatic carbocycles. The van der Waals surface area contributed by atoms with Crippen LogP contribution in [0.3, 0.4) is 0 Å². The van der Waals surface area contributed by atoms with Crippen molar-refractivity contribution in [2.75, 3.05) is 14.2 Å². The number of aromatic amines is 1. The van der Waals surface area contributed by atoms with E-state index in [4.69, 9.17) is 4.74 Å². The fraction of sp³-hybridized carbons (Fsp3) is 0.308. The molecule has 0 amide bonds. The van der Waals surface area contributed by atoms with E-state index in [0.29, 0.717) is 17.9 Å². The molecule has 1 aromatic heterocycles. The van der Waals surface area contributed by atoms with Gasteiger partial charge in [-0.3, -0.25) is 5.10 Å². The van der Waals surface area contributed by atoms with Gasteiger partial charge in [0, 0.05) is 18.7 Å². The lowest BCUT2D eigenvalue weighted by Crippen LogP contribution is -2.25. The van der Waals surface area contributed by atoms with Crippen LogP contribution in [-0.2, 0) is 23.1 Å². The summed E-state index contributed by atoms with van der Waals surface area (Å²) in [4.78, 5) is 0. The van der Waals surface area contributed by atoms with E-state index >= 15 is 0 Å². The minimum atomic E-state index is -3.64. The maximum Gasteiger partial charge on any atom is 0.258 e. The fourth-order valence-corrected chi connectivity index (χ4v) is 3.03. The molecule has 0 spiro atoms. The summed E-state index contributed by atoms with van der Waals surface area (Å²) in [5, 5.41) is 9.30.